The lowest BCUT2D eigenvalue weighted by molar-refractivity contribution is 0.205. The van der Waals surface area contributed by atoms with E-state index in [1.807, 2.05) is 0 Å². The van der Waals surface area contributed by atoms with Gasteiger partial charge in [-0.25, -0.2) is 0 Å². The standard InChI is InChI=1S/C15H26S/c1-11-10-15(16,14(2,3)4)13-9-7-5-6-8-12(11)13/h6,8,11-13,16H,5,7,9-10H2,1-4H3. The Kier molecular flexibility index (Phi) is 3.20. The summed E-state index contributed by atoms with van der Waals surface area (Å²) < 4.78 is 0.228. The van der Waals surface area contributed by atoms with Crippen molar-refractivity contribution in [2.45, 2.75) is 58.1 Å². The smallest absolute Gasteiger partial charge is 0.0214 e. The normalized spacial score (nSPS) is 44.2. The van der Waals surface area contributed by atoms with E-state index in [1.165, 1.54) is 25.7 Å². The molecule has 0 aromatic heterocycles. The first-order valence-corrected chi connectivity index (χ1v) is 7.20. The highest BCUT2D eigenvalue weighted by atomic mass is 32.1. The first kappa shape index (κ1) is 12.5. The zero-order chi connectivity index (χ0) is 12.0. The zero-order valence-electron chi connectivity index (χ0n) is 11.2. The van der Waals surface area contributed by atoms with Gasteiger partial charge in [-0.1, -0.05) is 39.8 Å². The third-order valence-electron chi connectivity index (χ3n) is 4.91. The van der Waals surface area contributed by atoms with Crippen molar-refractivity contribution in [3.05, 3.63) is 12.2 Å². The molecule has 0 nitrogen and oxygen atoms in total. The minimum Gasteiger partial charge on any atom is -0.172 e. The Morgan fingerprint density at radius 1 is 1.31 bits per heavy atom. The fourth-order valence-corrected chi connectivity index (χ4v) is 4.41. The summed E-state index contributed by atoms with van der Waals surface area (Å²) in [5.74, 6) is 2.36. The molecule has 0 radical (unpaired) electrons. The van der Waals surface area contributed by atoms with Gasteiger partial charge in [0, 0.05) is 4.75 Å². The second-order valence-electron chi connectivity index (χ2n) is 6.90. The average Bonchev–Trinajstić information content (AvgIpc) is 2.39. The summed E-state index contributed by atoms with van der Waals surface area (Å²) >= 11 is 5.16. The van der Waals surface area contributed by atoms with E-state index in [0.29, 0.717) is 5.41 Å². The van der Waals surface area contributed by atoms with Crippen LogP contribution in [0.15, 0.2) is 12.2 Å². The van der Waals surface area contributed by atoms with Gasteiger partial charge in [0.05, 0.1) is 0 Å². The Bertz CT molecular complexity index is 286. The summed E-state index contributed by atoms with van der Waals surface area (Å²) in [4.78, 5) is 0. The largest absolute Gasteiger partial charge is 0.172 e. The van der Waals surface area contributed by atoms with Gasteiger partial charge in [-0.3, -0.25) is 0 Å². The zero-order valence-corrected chi connectivity index (χ0v) is 12.1. The number of hydrogen-bond donors (Lipinski definition) is 1. The molecular formula is C15H26S. The summed E-state index contributed by atoms with van der Waals surface area (Å²) in [6.45, 7) is 9.51. The molecule has 1 saturated carbocycles. The first-order valence-electron chi connectivity index (χ1n) is 6.75. The van der Waals surface area contributed by atoms with Crippen molar-refractivity contribution in [3.8, 4) is 0 Å². The maximum absolute atomic E-state index is 5.16. The fourth-order valence-electron chi connectivity index (χ4n) is 3.82. The van der Waals surface area contributed by atoms with Crippen LogP contribution in [0.5, 0.6) is 0 Å². The van der Waals surface area contributed by atoms with Gasteiger partial charge in [0.25, 0.3) is 0 Å². The molecule has 0 aromatic carbocycles. The lowest BCUT2D eigenvalue weighted by atomic mass is 9.71. The van der Waals surface area contributed by atoms with E-state index in [-0.39, 0.29) is 4.75 Å². The molecule has 0 N–H and O–H groups in total. The molecule has 0 saturated heterocycles. The van der Waals surface area contributed by atoms with E-state index in [1.54, 1.807) is 0 Å². The molecule has 2 rings (SSSR count). The van der Waals surface area contributed by atoms with Crippen LogP contribution in [0, 0.1) is 23.2 Å². The highest BCUT2D eigenvalue weighted by Gasteiger charge is 2.54. The van der Waals surface area contributed by atoms with Crippen LogP contribution < -0.4 is 0 Å². The summed E-state index contributed by atoms with van der Waals surface area (Å²) in [5.41, 5.74) is 0.308. The predicted octanol–water partition coefficient (Wildman–Crippen LogP) is 4.71. The van der Waals surface area contributed by atoms with Crippen LogP contribution >= 0.6 is 12.6 Å². The highest BCUT2D eigenvalue weighted by molar-refractivity contribution is 7.81. The number of fused-ring (bicyclic) bond motifs is 1. The molecule has 0 bridgehead atoms. The average molecular weight is 238 g/mol. The van der Waals surface area contributed by atoms with E-state index in [9.17, 15) is 0 Å². The molecule has 0 amide bonds. The van der Waals surface area contributed by atoms with Crippen molar-refractivity contribution < 1.29 is 0 Å². The summed E-state index contributed by atoms with van der Waals surface area (Å²) in [6, 6.07) is 0. The molecule has 2 aliphatic carbocycles. The van der Waals surface area contributed by atoms with Gasteiger partial charge < -0.3 is 0 Å². The van der Waals surface area contributed by atoms with Gasteiger partial charge in [-0.2, -0.15) is 12.6 Å². The van der Waals surface area contributed by atoms with Crippen molar-refractivity contribution >= 4 is 12.6 Å². The number of allylic oxidation sites excluding steroid dienone is 2. The van der Waals surface area contributed by atoms with Crippen LogP contribution in [0.25, 0.3) is 0 Å². The monoisotopic (exact) mass is 238 g/mol. The molecule has 1 heteroatoms. The Hall–Kier alpha value is 0.0900. The SMILES string of the molecule is CC1CC(S)(C(C)(C)C)C2CCCC=CC12. The molecule has 0 aliphatic heterocycles. The van der Waals surface area contributed by atoms with E-state index in [2.05, 4.69) is 39.8 Å². The minimum atomic E-state index is 0.228. The molecule has 16 heavy (non-hydrogen) atoms. The molecular weight excluding hydrogens is 212 g/mol. The third kappa shape index (κ3) is 1.85. The molecule has 1 fully saturated rings. The summed E-state index contributed by atoms with van der Waals surface area (Å²) in [5, 5.41) is 0. The molecule has 4 unspecified atom stereocenters. The van der Waals surface area contributed by atoms with E-state index in [4.69, 9.17) is 12.6 Å². The quantitative estimate of drug-likeness (QED) is 0.458. The Balaban J connectivity index is 2.33. The highest BCUT2D eigenvalue weighted by Crippen LogP contribution is 2.58. The van der Waals surface area contributed by atoms with Gasteiger partial charge in [0.2, 0.25) is 0 Å². The van der Waals surface area contributed by atoms with Gasteiger partial charge in [0.1, 0.15) is 0 Å². The van der Waals surface area contributed by atoms with Crippen LogP contribution in [-0.2, 0) is 0 Å². The third-order valence-corrected chi connectivity index (χ3v) is 6.10. The van der Waals surface area contributed by atoms with Crippen molar-refractivity contribution in [2.75, 3.05) is 0 Å². The Morgan fingerprint density at radius 2 is 2.00 bits per heavy atom. The second kappa shape index (κ2) is 4.08. The Morgan fingerprint density at radius 3 is 2.62 bits per heavy atom. The van der Waals surface area contributed by atoms with Crippen LogP contribution in [0.3, 0.4) is 0 Å². The minimum absolute atomic E-state index is 0.228. The van der Waals surface area contributed by atoms with Crippen LogP contribution in [-0.4, -0.2) is 4.75 Å². The van der Waals surface area contributed by atoms with Gasteiger partial charge in [0.15, 0.2) is 0 Å². The van der Waals surface area contributed by atoms with Crippen molar-refractivity contribution in [1.29, 1.82) is 0 Å². The number of thiol groups is 1. The molecule has 2 aliphatic rings. The number of rotatable bonds is 0. The molecule has 4 atom stereocenters. The molecule has 92 valence electrons. The summed E-state index contributed by atoms with van der Waals surface area (Å²) in [7, 11) is 0. The summed E-state index contributed by atoms with van der Waals surface area (Å²) in [6.07, 6.45) is 10.2. The van der Waals surface area contributed by atoms with Gasteiger partial charge in [-0.15, -0.1) is 0 Å². The maximum atomic E-state index is 5.16. The van der Waals surface area contributed by atoms with Crippen molar-refractivity contribution in [3.63, 3.8) is 0 Å². The van der Waals surface area contributed by atoms with Crippen LogP contribution in [0.1, 0.15) is 53.4 Å². The van der Waals surface area contributed by atoms with Gasteiger partial charge >= 0.3 is 0 Å². The fraction of sp³-hybridized carbons (Fsp3) is 0.867. The van der Waals surface area contributed by atoms with E-state index >= 15 is 0 Å². The molecule has 0 aromatic rings. The van der Waals surface area contributed by atoms with Gasteiger partial charge in [-0.05, 0) is 48.9 Å². The first-order chi connectivity index (χ1) is 7.36. The Labute approximate surface area is 106 Å². The van der Waals surface area contributed by atoms with Crippen molar-refractivity contribution in [1.82, 2.24) is 0 Å². The number of hydrogen-bond acceptors (Lipinski definition) is 1. The second-order valence-corrected chi connectivity index (χ2v) is 7.70. The van der Waals surface area contributed by atoms with E-state index < -0.39 is 0 Å². The van der Waals surface area contributed by atoms with E-state index in [0.717, 1.165) is 17.8 Å². The molecule has 0 heterocycles. The van der Waals surface area contributed by atoms with Crippen molar-refractivity contribution in [2.24, 2.45) is 23.2 Å². The maximum Gasteiger partial charge on any atom is 0.0214 e. The molecule has 0 spiro atoms. The van der Waals surface area contributed by atoms with Crippen LogP contribution in [0.2, 0.25) is 0 Å². The topological polar surface area (TPSA) is 0 Å². The predicted molar refractivity (Wildman–Crippen MR) is 74.9 cm³/mol. The van der Waals surface area contributed by atoms with Crippen LogP contribution in [0.4, 0.5) is 0 Å². The lowest BCUT2D eigenvalue weighted by Crippen LogP contribution is -2.42. The lowest BCUT2D eigenvalue weighted by Gasteiger charge is -2.43.